The third kappa shape index (κ3) is 3.71. The minimum Gasteiger partial charge on any atom is -0.493 e. The molecular formula is C17H18ClNO3. The second kappa shape index (κ2) is 7.71. The van der Waals surface area contributed by atoms with Crippen LogP contribution in [-0.4, -0.2) is 26.0 Å². The van der Waals surface area contributed by atoms with Gasteiger partial charge in [0, 0.05) is 11.8 Å². The Morgan fingerprint density at radius 3 is 2.32 bits per heavy atom. The van der Waals surface area contributed by atoms with Crippen LogP contribution in [0, 0.1) is 0 Å². The second-order valence-electron chi connectivity index (χ2n) is 4.64. The fraction of sp³-hybridized carbons (Fsp3) is 0.235. The van der Waals surface area contributed by atoms with Crippen molar-refractivity contribution >= 4 is 23.2 Å². The summed E-state index contributed by atoms with van der Waals surface area (Å²) in [5, 5.41) is 0. The lowest BCUT2D eigenvalue weighted by Crippen LogP contribution is -2.31. The van der Waals surface area contributed by atoms with Gasteiger partial charge in [-0.3, -0.25) is 4.79 Å². The molecule has 0 aliphatic rings. The number of carbonyl (C=O) groups is 1. The number of hydrogen-bond donors (Lipinski definition) is 0. The van der Waals surface area contributed by atoms with Crippen molar-refractivity contribution in [3.05, 3.63) is 54.1 Å². The maximum absolute atomic E-state index is 12.2. The Kier molecular flexibility index (Phi) is 5.67. The van der Waals surface area contributed by atoms with E-state index < -0.39 is 0 Å². The summed E-state index contributed by atoms with van der Waals surface area (Å²) in [4.78, 5) is 13.8. The first-order valence-electron chi connectivity index (χ1n) is 6.82. The number of ether oxygens (including phenoxy) is 2. The number of nitrogens with zero attached hydrogens (tertiary/aromatic N) is 1. The lowest BCUT2D eigenvalue weighted by Gasteiger charge is -2.23. The molecule has 0 radical (unpaired) electrons. The molecular weight excluding hydrogens is 302 g/mol. The normalized spacial score (nSPS) is 10.1. The first kappa shape index (κ1) is 16.2. The highest BCUT2D eigenvalue weighted by Gasteiger charge is 2.17. The van der Waals surface area contributed by atoms with Crippen molar-refractivity contribution in [1.82, 2.24) is 0 Å². The largest absolute Gasteiger partial charge is 0.493 e. The number of hydrogen-bond acceptors (Lipinski definition) is 3. The predicted molar refractivity (Wildman–Crippen MR) is 87.9 cm³/mol. The zero-order valence-electron chi connectivity index (χ0n) is 12.6. The van der Waals surface area contributed by atoms with Gasteiger partial charge in [0.15, 0.2) is 11.5 Å². The van der Waals surface area contributed by atoms with Crippen LogP contribution in [0.3, 0.4) is 0 Å². The van der Waals surface area contributed by atoms with E-state index in [0.717, 1.165) is 5.56 Å². The van der Waals surface area contributed by atoms with Crippen molar-refractivity contribution in [2.24, 2.45) is 0 Å². The highest BCUT2D eigenvalue weighted by atomic mass is 35.5. The highest BCUT2D eigenvalue weighted by molar-refractivity contribution is 6.29. The van der Waals surface area contributed by atoms with Gasteiger partial charge in [0.1, 0.15) is 5.88 Å². The summed E-state index contributed by atoms with van der Waals surface area (Å²) in [7, 11) is 3.13. The molecule has 0 aromatic heterocycles. The molecule has 0 bridgehead atoms. The van der Waals surface area contributed by atoms with Crippen molar-refractivity contribution in [2.45, 2.75) is 6.54 Å². The molecule has 0 spiro atoms. The molecule has 22 heavy (non-hydrogen) atoms. The van der Waals surface area contributed by atoms with Crippen molar-refractivity contribution in [3.8, 4) is 11.5 Å². The lowest BCUT2D eigenvalue weighted by molar-refractivity contribution is -0.116. The number of alkyl halides is 1. The fourth-order valence-corrected chi connectivity index (χ4v) is 2.30. The van der Waals surface area contributed by atoms with Gasteiger partial charge in [0.05, 0.1) is 20.8 Å². The molecule has 0 saturated heterocycles. The summed E-state index contributed by atoms with van der Waals surface area (Å²) in [5.74, 6) is 0.934. The van der Waals surface area contributed by atoms with Crippen LogP contribution in [0.4, 0.5) is 5.69 Å². The molecule has 0 N–H and O–H groups in total. The summed E-state index contributed by atoms with van der Waals surface area (Å²) in [6.07, 6.45) is 0. The van der Waals surface area contributed by atoms with Crippen LogP contribution in [0.15, 0.2) is 48.5 Å². The second-order valence-corrected chi connectivity index (χ2v) is 4.91. The topological polar surface area (TPSA) is 38.8 Å². The van der Waals surface area contributed by atoms with E-state index in [4.69, 9.17) is 21.1 Å². The van der Waals surface area contributed by atoms with Gasteiger partial charge in [0.2, 0.25) is 5.91 Å². The maximum Gasteiger partial charge on any atom is 0.242 e. The van der Waals surface area contributed by atoms with Crippen molar-refractivity contribution in [1.29, 1.82) is 0 Å². The predicted octanol–water partition coefficient (Wildman–Crippen LogP) is 3.48. The number of carbonyl (C=O) groups excluding carboxylic acids is 1. The van der Waals surface area contributed by atoms with Crippen LogP contribution >= 0.6 is 11.6 Å². The van der Waals surface area contributed by atoms with Crippen LogP contribution in [0.2, 0.25) is 0 Å². The van der Waals surface area contributed by atoms with Crippen LogP contribution < -0.4 is 14.4 Å². The summed E-state index contributed by atoms with van der Waals surface area (Å²) in [6.45, 7) is 0.446. The van der Waals surface area contributed by atoms with Gasteiger partial charge in [-0.25, -0.2) is 0 Å². The molecule has 1 amide bonds. The fourth-order valence-electron chi connectivity index (χ4n) is 2.15. The number of rotatable bonds is 6. The Morgan fingerprint density at radius 2 is 1.73 bits per heavy atom. The average molecular weight is 320 g/mol. The molecule has 0 unspecified atom stereocenters. The Labute approximate surface area is 135 Å². The maximum atomic E-state index is 12.2. The van der Waals surface area contributed by atoms with E-state index in [0.29, 0.717) is 23.7 Å². The highest BCUT2D eigenvalue weighted by Crippen LogP contribution is 2.32. The number of halogens is 1. The molecule has 0 heterocycles. The van der Waals surface area contributed by atoms with E-state index in [1.165, 1.54) is 0 Å². The lowest BCUT2D eigenvalue weighted by atomic mass is 10.2. The van der Waals surface area contributed by atoms with Crippen LogP contribution in [0.25, 0.3) is 0 Å². The van der Waals surface area contributed by atoms with Gasteiger partial charge >= 0.3 is 0 Å². The molecule has 4 nitrogen and oxygen atoms in total. The molecule has 2 rings (SSSR count). The van der Waals surface area contributed by atoms with Gasteiger partial charge in [-0.05, 0) is 17.7 Å². The molecule has 0 aliphatic carbocycles. The molecule has 116 valence electrons. The Bertz CT molecular complexity index is 631. The van der Waals surface area contributed by atoms with Gasteiger partial charge in [-0.1, -0.05) is 30.3 Å². The molecule has 2 aromatic carbocycles. The number of methoxy groups -OCH3 is 2. The van der Waals surface area contributed by atoms with Gasteiger partial charge in [-0.2, -0.15) is 0 Å². The monoisotopic (exact) mass is 319 g/mol. The first-order chi connectivity index (χ1) is 10.7. The standard InChI is InChI=1S/C17H18ClNO3/c1-21-15-9-8-14(10-16(15)22-2)19(17(20)11-18)12-13-6-4-3-5-7-13/h3-10H,11-12H2,1-2H3. The van der Waals surface area contributed by atoms with Crippen molar-refractivity contribution in [3.63, 3.8) is 0 Å². The van der Waals surface area contributed by atoms with E-state index in [2.05, 4.69) is 0 Å². The first-order valence-corrected chi connectivity index (χ1v) is 7.35. The van der Waals surface area contributed by atoms with Crippen LogP contribution in [-0.2, 0) is 11.3 Å². The summed E-state index contributed by atoms with van der Waals surface area (Å²) in [6, 6.07) is 15.1. The molecule has 0 aliphatic heterocycles. The molecule has 0 fully saturated rings. The number of benzene rings is 2. The molecule has 0 atom stereocenters. The van der Waals surface area contributed by atoms with Crippen molar-refractivity contribution < 1.29 is 14.3 Å². The summed E-state index contributed by atoms with van der Waals surface area (Å²) >= 11 is 5.75. The van der Waals surface area contributed by atoms with E-state index in [1.807, 2.05) is 36.4 Å². The number of anilines is 1. The minimum absolute atomic E-state index is 0.0822. The molecule has 0 saturated carbocycles. The van der Waals surface area contributed by atoms with Crippen molar-refractivity contribution in [2.75, 3.05) is 25.0 Å². The summed E-state index contributed by atoms with van der Waals surface area (Å²) in [5.41, 5.74) is 1.74. The minimum atomic E-state index is -0.169. The van der Waals surface area contributed by atoms with Gasteiger partial charge in [-0.15, -0.1) is 11.6 Å². The quantitative estimate of drug-likeness (QED) is 0.765. The Balaban J connectivity index is 2.35. The smallest absolute Gasteiger partial charge is 0.242 e. The van der Waals surface area contributed by atoms with Crippen LogP contribution in [0.5, 0.6) is 11.5 Å². The third-order valence-corrected chi connectivity index (χ3v) is 3.51. The van der Waals surface area contributed by atoms with E-state index in [-0.39, 0.29) is 11.8 Å². The molecule has 2 aromatic rings. The van der Waals surface area contributed by atoms with Gasteiger partial charge < -0.3 is 14.4 Å². The van der Waals surface area contributed by atoms with Gasteiger partial charge in [0.25, 0.3) is 0 Å². The third-order valence-electron chi connectivity index (χ3n) is 3.28. The van der Waals surface area contributed by atoms with Crippen LogP contribution in [0.1, 0.15) is 5.56 Å². The SMILES string of the molecule is COc1ccc(N(Cc2ccccc2)C(=O)CCl)cc1OC. The van der Waals surface area contributed by atoms with E-state index in [1.54, 1.807) is 31.3 Å². The van der Waals surface area contributed by atoms with E-state index in [9.17, 15) is 4.79 Å². The zero-order chi connectivity index (χ0) is 15.9. The Hall–Kier alpha value is -2.20. The zero-order valence-corrected chi connectivity index (χ0v) is 13.3. The summed E-state index contributed by atoms with van der Waals surface area (Å²) < 4.78 is 10.5. The molecule has 5 heteroatoms. The number of amides is 1. The Morgan fingerprint density at radius 1 is 1.05 bits per heavy atom. The average Bonchev–Trinajstić information content (AvgIpc) is 2.59. The van der Waals surface area contributed by atoms with E-state index >= 15 is 0 Å².